The first-order valence-electron chi connectivity index (χ1n) is 5.71. The molecule has 0 radical (unpaired) electrons. The minimum atomic E-state index is -0.558. The van der Waals surface area contributed by atoms with E-state index in [0.29, 0.717) is 5.69 Å². The van der Waals surface area contributed by atoms with Crippen molar-refractivity contribution in [3.8, 4) is 0 Å². The quantitative estimate of drug-likeness (QED) is 0.782. The lowest BCUT2D eigenvalue weighted by atomic mass is 10.2. The van der Waals surface area contributed by atoms with Crippen LogP contribution in [-0.4, -0.2) is 6.03 Å². The highest BCUT2D eigenvalue weighted by molar-refractivity contribution is 9.10. The number of hydrogen-bond acceptors (Lipinski definition) is 3. The van der Waals surface area contributed by atoms with Gasteiger partial charge < -0.3 is 16.4 Å². The van der Waals surface area contributed by atoms with E-state index in [0.717, 1.165) is 10.2 Å². The molecule has 1 unspecified atom stereocenters. The SMILES string of the molecule is CC(Nc1ccc(NC(N)=O)cc1)c1cc(Br)cs1. The van der Waals surface area contributed by atoms with Gasteiger partial charge >= 0.3 is 6.03 Å². The molecule has 0 bridgehead atoms. The van der Waals surface area contributed by atoms with Crippen molar-refractivity contribution < 1.29 is 4.79 Å². The van der Waals surface area contributed by atoms with E-state index in [9.17, 15) is 4.79 Å². The lowest BCUT2D eigenvalue weighted by Crippen LogP contribution is -2.19. The van der Waals surface area contributed by atoms with Crippen LogP contribution >= 0.6 is 27.3 Å². The number of benzene rings is 1. The Morgan fingerprint density at radius 2 is 1.95 bits per heavy atom. The third-order valence-electron chi connectivity index (χ3n) is 2.55. The van der Waals surface area contributed by atoms with Gasteiger partial charge in [-0.05, 0) is 53.2 Å². The predicted molar refractivity (Wildman–Crippen MR) is 83.7 cm³/mol. The second-order valence-corrected chi connectivity index (χ2v) is 5.96. The maximum absolute atomic E-state index is 10.7. The Kier molecular flexibility index (Phi) is 4.44. The van der Waals surface area contributed by atoms with Crippen LogP contribution in [0.15, 0.2) is 40.2 Å². The summed E-state index contributed by atoms with van der Waals surface area (Å²) in [6, 6.07) is 9.21. The maximum atomic E-state index is 10.7. The van der Waals surface area contributed by atoms with Gasteiger partial charge in [0.2, 0.25) is 0 Å². The van der Waals surface area contributed by atoms with Crippen LogP contribution in [0.4, 0.5) is 16.2 Å². The van der Waals surface area contributed by atoms with Crippen LogP contribution in [0.25, 0.3) is 0 Å². The maximum Gasteiger partial charge on any atom is 0.316 e. The fourth-order valence-electron chi connectivity index (χ4n) is 1.67. The number of thiophene rings is 1. The Balaban J connectivity index is 2.01. The first-order valence-corrected chi connectivity index (χ1v) is 7.39. The number of rotatable bonds is 4. The van der Waals surface area contributed by atoms with Crippen molar-refractivity contribution in [1.82, 2.24) is 0 Å². The predicted octanol–water partition coefficient (Wildman–Crippen LogP) is 4.17. The van der Waals surface area contributed by atoms with E-state index < -0.39 is 6.03 Å². The summed E-state index contributed by atoms with van der Waals surface area (Å²) in [6.45, 7) is 2.11. The van der Waals surface area contributed by atoms with Gasteiger partial charge in [-0.25, -0.2) is 4.79 Å². The molecule has 2 rings (SSSR count). The van der Waals surface area contributed by atoms with Gasteiger partial charge in [-0.2, -0.15) is 0 Å². The van der Waals surface area contributed by atoms with Crippen LogP contribution in [0.5, 0.6) is 0 Å². The first-order chi connectivity index (χ1) is 9.04. The molecular weight excluding hydrogens is 326 g/mol. The summed E-state index contributed by atoms with van der Waals surface area (Å²) in [6.07, 6.45) is 0. The number of amides is 2. The van der Waals surface area contributed by atoms with Crippen LogP contribution in [0.1, 0.15) is 17.8 Å². The molecule has 4 nitrogen and oxygen atoms in total. The van der Waals surface area contributed by atoms with Crippen molar-refractivity contribution in [2.75, 3.05) is 10.6 Å². The molecular formula is C13H14BrN3OS. The minimum absolute atomic E-state index is 0.228. The van der Waals surface area contributed by atoms with Gasteiger partial charge in [-0.1, -0.05) is 0 Å². The topological polar surface area (TPSA) is 67.2 Å². The van der Waals surface area contributed by atoms with Crippen molar-refractivity contribution in [2.45, 2.75) is 13.0 Å². The number of carbonyl (C=O) groups is 1. The summed E-state index contributed by atoms with van der Waals surface area (Å²) >= 11 is 5.15. The second kappa shape index (κ2) is 6.08. The molecule has 0 saturated heterocycles. The molecule has 19 heavy (non-hydrogen) atoms. The van der Waals surface area contributed by atoms with E-state index in [-0.39, 0.29) is 6.04 Å². The zero-order chi connectivity index (χ0) is 13.8. The molecule has 100 valence electrons. The van der Waals surface area contributed by atoms with Crippen LogP contribution in [0, 0.1) is 0 Å². The average Bonchev–Trinajstić information content (AvgIpc) is 2.78. The number of halogens is 1. The number of nitrogens with one attached hydrogen (secondary N) is 2. The summed E-state index contributed by atoms with van der Waals surface area (Å²) in [5.41, 5.74) is 6.73. The number of primary amides is 1. The lowest BCUT2D eigenvalue weighted by Gasteiger charge is -2.14. The first kappa shape index (κ1) is 13.9. The Morgan fingerprint density at radius 1 is 1.32 bits per heavy atom. The van der Waals surface area contributed by atoms with Gasteiger partial charge in [0.1, 0.15) is 0 Å². The van der Waals surface area contributed by atoms with E-state index in [1.807, 2.05) is 24.3 Å². The molecule has 4 N–H and O–H groups in total. The fourth-order valence-corrected chi connectivity index (χ4v) is 3.12. The summed E-state index contributed by atoms with van der Waals surface area (Å²) in [7, 11) is 0. The monoisotopic (exact) mass is 339 g/mol. The molecule has 0 spiro atoms. The Hall–Kier alpha value is -1.53. The van der Waals surface area contributed by atoms with Crippen molar-refractivity contribution in [2.24, 2.45) is 5.73 Å². The largest absolute Gasteiger partial charge is 0.378 e. The number of urea groups is 1. The molecule has 0 fully saturated rings. The number of carbonyl (C=O) groups excluding carboxylic acids is 1. The van der Waals surface area contributed by atoms with Crippen molar-refractivity contribution >= 4 is 44.7 Å². The van der Waals surface area contributed by atoms with E-state index in [4.69, 9.17) is 5.73 Å². The Bertz CT molecular complexity index is 568. The molecule has 1 atom stereocenters. The Labute approximate surface area is 124 Å². The molecule has 6 heteroatoms. The summed E-state index contributed by atoms with van der Waals surface area (Å²) in [5.74, 6) is 0. The highest BCUT2D eigenvalue weighted by Crippen LogP contribution is 2.28. The number of nitrogens with two attached hydrogens (primary N) is 1. The van der Waals surface area contributed by atoms with E-state index in [2.05, 4.69) is 44.9 Å². The molecule has 0 aliphatic heterocycles. The second-order valence-electron chi connectivity index (χ2n) is 4.10. The van der Waals surface area contributed by atoms with Gasteiger partial charge in [0.05, 0.1) is 6.04 Å². The summed E-state index contributed by atoms with van der Waals surface area (Å²) in [4.78, 5) is 12.0. The zero-order valence-electron chi connectivity index (χ0n) is 10.3. The van der Waals surface area contributed by atoms with Crippen molar-refractivity contribution in [1.29, 1.82) is 0 Å². The van der Waals surface area contributed by atoms with Crippen LogP contribution in [0.3, 0.4) is 0 Å². The highest BCUT2D eigenvalue weighted by Gasteiger charge is 2.07. The standard InChI is InChI=1S/C13H14BrN3OS/c1-8(12-6-9(14)7-19-12)16-10-2-4-11(5-3-10)17-13(15)18/h2-8,16H,1H3,(H3,15,17,18). The molecule has 1 aromatic heterocycles. The molecule has 2 amide bonds. The molecule has 1 heterocycles. The van der Waals surface area contributed by atoms with Gasteiger partial charge in [0, 0.05) is 26.1 Å². The van der Waals surface area contributed by atoms with Gasteiger partial charge in [-0.15, -0.1) is 11.3 Å². The van der Waals surface area contributed by atoms with E-state index in [1.165, 1.54) is 4.88 Å². The average molecular weight is 340 g/mol. The van der Waals surface area contributed by atoms with Gasteiger partial charge in [0.15, 0.2) is 0 Å². The minimum Gasteiger partial charge on any atom is -0.378 e. The van der Waals surface area contributed by atoms with Crippen molar-refractivity contribution in [3.05, 3.63) is 45.1 Å². The zero-order valence-corrected chi connectivity index (χ0v) is 12.7. The summed E-state index contributed by atoms with van der Waals surface area (Å²) in [5, 5.41) is 7.99. The van der Waals surface area contributed by atoms with Crippen LogP contribution < -0.4 is 16.4 Å². The number of hydrogen-bond donors (Lipinski definition) is 3. The van der Waals surface area contributed by atoms with Crippen LogP contribution in [0.2, 0.25) is 0 Å². The van der Waals surface area contributed by atoms with E-state index in [1.54, 1.807) is 11.3 Å². The highest BCUT2D eigenvalue weighted by atomic mass is 79.9. The smallest absolute Gasteiger partial charge is 0.316 e. The Morgan fingerprint density at radius 3 is 2.47 bits per heavy atom. The molecule has 2 aromatic rings. The molecule has 0 aliphatic carbocycles. The van der Waals surface area contributed by atoms with Crippen molar-refractivity contribution in [3.63, 3.8) is 0 Å². The summed E-state index contributed by atoms with van der Waals surface area (Å²) < 4.78 is 1.10. The third-order valence-corrected chi connectivity index (χ3v) is 4.43. The number of anilines is 2. The van der Waals surface area contributed by atoms with Gasteiger partial charge in [0.25, 0.3) is 0 Å². The van der Waals surface area contributed by atoms with Gasteiger partial charge in [-0.3, -0.25) is 0 Å². The fraction of sp³-hybridized carbons (Fsp3) is 0.154. The third kappa shape index (κ3) is 3.97. The lowest BCUT2D eigenvalue weighted by molar-refractivity contribution is 0.259. The van der Waals surface area contributed by atoms with Crippen LogP contribution in [-0.2, 0) is 0 Å². The molecule has 1 aromatic carbocycles. The molecule has 0 aliphatic rings. The normalized spacial score (nSPS) is 11.9. The molecule has 0 saturated carbocycles. The van der Waals surface area contributed by atoms with E-state index >= 15 is 0 Å².